The Labute approximate surface area is 116 Å². The molecule has 0 N–H and O–H groups in total. The maximum absolute atomic E-state index is 6.03. The summed E-state index contributed by atoms with van der Waals surface area (Å²) in [5.41, 5.74) is 0. The number of aromatic nitrogens is 3. The second-order valence-corrected chi connectivity index (χ2v) is 5.08. The number of nitrogens with zero attached hydrogens (tertiary/aromatic N) is 5. The van der Waals surface area contributed by atoms with Gasteiger partial charge in [-0.1, -0.05) is 0 Å². The van der Waals surface area contributed by atoms with Gasteiger partial charge in [0.1, 0.15) is 0 Å². The highest BCUT2D eigenvalue weighted by Crippen LogP contribution is 2.22. The van der Waals surface area contributed by atoms with Gasteiger partial charge in [0.05, 0.1) is 0 Å². The van der Waals surface area contributed by atoms with Crippen LogP contribution >= 0.6 is 35.2 Å². The topological polar surface area (TPSA) is 45.2 Å². The molecule has 1 heterocycles. The Hall–Kier alpha value is -0.520. The highest BCUT2D eigenvalue weighted by Gasteiger charge is 2.18. The number of anilines is 2. The molecule has 17 heavy (non-hydrogen) atoms. The fourth-order valence-electron chi connectivity index (χ4n) is 0.982. The summed E-state index contributed by atoms with van der Waals surface area (Å²) >= 11 is 17.9. The predicted molar refractivity (Wildman–Crippen MR) is 71.8 cm³/mol. The molecule has 0 aliphatic rings. The Morgan fingerprint density at radius 2 is 1.18 bits per heavy atom. The van der Waals surface area contributed by atoms with E-state index in [0.29, 0.717) is 0 Å². The fraction of sp³-hybridized carbons (Fsp3) is 0.667. The molecule has 1 aromatic rings. The third-order valence-corrected chi connectivity index (χ3v) is 3.13. The lowest BCUT2D eigenvalue weighted by molar-refractivity contribution is 0.772. The van der Waals surface area contributed by atoms with Crippen LogP contribution in [-0.2, 0) is 0 Å². The van der Waals surface area contributed by atoms with Gasteiger partial charge >= 0.3 is 0 Å². The summed E-state index contributed by atoms with van der Waals surface area (Å²) in [7, 11) is 0. The van der Waals surface area contributed by atoms with E-state index >= 15 is 0 Å². The van der Waals surface area contributed by atoms with Gasteiger partial charge in [-0.2, -0.15) is 15.0 Å². The third kappa shape index (κ3) is 3.72. The fourth-order valence-corrected chi connectivity index (χ4v) is 1.28. The molecule has 0 aliphatic heterocycles. The number of hydrogen-bond acceptors (Lipinski definition) is 5. The van der Waals surface area contributed by atoms with Crippen LogP contribution in [0.1, 0.15) is 27.7 Å². The number of hydrogen-bond donors (Lipinski definition) is 0. The summed E-state index contributed by atoms with van der Waals surface area (Å²) in [6, 6.07) is 0.0663. The summed E-state index contributed by atoms with van der Waals surface area (Å²) in [5.74, 6) is 0.561. The molecule has 96 valence electrons. The minimum atomic E-state index is 0.0332. The highest BCUT2D eigenvalue weighted by molar-refractivity contribution is 6.29. The van der Waals surface area contributed by atoms with Gasteiger partial charge in [-0.15, -0.1) is 0 Å². The van der Waals surface area contributed by atoms with Crippen molar-refractivity contribution in [2.45, 2.75) is 39.8 Å². The van der Waals surface area contributed by atoms with Crippen LogP contribution in [0.25, 0.3) is 0 Å². The zero-order chi connectivity index (χ0) is 13.2. The summed E-state index contributed by atoms with van der Waals surface area (Å²) in [6.07, 6.45) is 0. The first-order valence-electron chi connectivity index (χ1n) is 5.14. The van der Waals surface area contributed by atoms with Crippen molar-refractivity contribution in [3.05, 3.63) is 5.28 Å². The zero-order valence-corrected chi connectivity index (χ0v) is 12.3. The normalized spacial score (nSPS) is 11.1. The second-order valence-electron chi connectivity index (χ2n) is 4.01. The number of rotatable bonds is 4. The van der Waals surface area contributed by atoms with Crippen LogP contribution in [0.3, 0.4) is 0 Å². The Kier molecular flexibility index (Phi) is 5.04. The molecule has 0 unspecified atom stereocenters. The van der Waals surface area contributed by atoms with Gasteiger partial charge in [-0.3, -0.25) is 8.84 Å². The lowest BCUT2D eigenvalue weighted by Crippen LogP contribution is -2.26. The summed E-state index contributed by atoms with van der Waals surface area (Å²) in [5, 5.41) is 0.0580. The standard InChI is InChI=1S/C9H14Cl3N5/c1-5(2)16(11)8-13-7(10)14-9(15-8)17(12)6(3)4/h5-6H,1-4H3. The minimum Gasteiger partial charge on any atom is -0.250 e. The monoisotopic (exact) mass is 297 g/mol. The van der Waals surface area contributed by atoms with Crippen molar-refractivity contribution >= 4 is 47.1 Å². The molecule has 0 fully saturated rings. The first-order chi connectivity index (χ1) is 7.82. The zero-order valence-electron chi connectivity index (χ0n) is 10.0. The van der Waals surface area contributed by atoms with Gasteiger partial charge in [0.2, 0.25) is 17.2 Å². The van der Waals surface area contributed by atoms with E-state index < -0.39 is 0 Å². The molecule has 0 amide bonds. The van der Waals surface area contributed by atoms with Crippen molar-refractivity contribution in [1.29, 1.82) is 0 Å². The van der Waals surface area contributed by atoms with E-state index in [9.17, 15) is 0 Å². The molecular weight excluding hydrogens is 284 g/mol. The minimum absolute atomic E-state index is 0.0332. The van der Waals surface area contributed by atoms with Crippen LogP contribution in [0, 0.1) is 0 Å². The predicted octanol–water partition coefficient (Wildman–Crippen LogP) is 3.26. The van der Waals surface area contributed by atoms with Crippen LogP contribution in [0.15, 0.2) is 0 Å². The first kappa shape index (κ1) is 14.5. The highest BCUT2D eigenvalue weighted by atomic mass is 35.5. The molecule has 0 saturated carbocycles. The van der Waals surface area contributed by atoms with Gasteiger partial charge < -0.3 is 0 Å². The van der Waals surface area contributed by atoms with E-state index in [1.807, 2.05) is 27.7 Å². The lowest BCUT2D eigenvalue weighted by Gasteiger charge is -2.21. The maximum Gasteiger partial charge on any atom is 0.246 e. The van der Waals surface area contributed by atoms with Crippen molar-refractivity contribution in [2.24, 2.45) is 0 Å². The largest absolute Gasteiger partial charge is 0.250 e. The average Bonchev–Trinajstić information content (AvgIpc) is 2.25. The van der Waals surface area contributed by atoms with E-state index in [1.165, 1.54) is 8.84 Å². The molecular formula is C9H14Cl3N5. The van der Waals surface area contributed by atoms with Gasteiger partial charge in [0.25, 0.3) is 0 Å². The Morgan fingerprint density at radius 1 is 0.824 bits per heavy atom. The molecule has 8 heteroatoms. The lowest BCUT2D eigenvalue weighted by atomic mass is 10.4. The van der Waals surface area contributed by atoms with Crippen LogP contribution in [0.4, 0.5) is 11.9 Å². The molecule has 1 rings (SSSR count). The number of halogens is 3. The Morgan fingerprint density at radius 3 is 1.47 bits per heavy atom. The van der Waals surface area contributed by atoms with Gasteiger partial charge in [0, 0.05) is 35.6 Å². The van der Waals surface area contributed by atoms with E-state index in [2.05, 4.69) is 15.0 Å². The van der Waals surface area contributed by atoms with Crippen molar-refractivity contribution in [3.63, 3.8) is 0 Å². The third-order valence-electron chi connectivity index (χ3n) is 1.87. The average molecular weight is 299 g/mol. The van der Waals surface area contributed by atoms with Crippen LogP contribution in [0.5, 0.6) is 0 Å². The van der Waals surface area contributed by atoms with Crippen LogP contribution in [0.2, 0.25) is 5.28 Å². The van der Waals surface area contributed by atoms with Crippen LogP contribution < -0.4 is 8.84 Å². The van der Waals surface area contributed by atoms with E-state index in [-0.39, 0.29) is 29.3 Å². The van der Waals surface area contributed by atoms with Gasteiger partial charge in [-0.05, 0) is 39.3 Å². The van der Waals surface area contributed by atoms with Crippen molar-refractivity contribution < 1.29 is 0 Å². The molecule has 0 aliphatic carbocycles. The molecule has 5 nitrogen and oxygen atoms in total. The Bertz CT molecular complexity index is 353. The molecule has 1 aromatic heterocycles. The maximum atomic E-state index is 6.03. The van der Waals surface area contributed by atoms with Crippen LogP contribution in [-0.4, -0.2) is 27.0 Å². The first-order valence-corrected chi connectivity index (χ1v) is 6.20. The van der Waals surface area contributed by atoms with E-state index in [1.54, 1.807) is 0 Å². The summed E-state index contributed by atoms with van der Waals surface area (Å²) in [6.45, 7) is 7.63. The molecule has 0 aromatic carbocycles. The van der Waals surface area contributed by atoms with Gasteiger partial charge in [-0.25, -0.2) is 0 Å². The van der Waals surface area contributed by atoms with Crippen molar-refractivity contribution in [1.82, 2.24) is 15.0 Å². The summed E-state index contributed by atoms with van der Waals surface area (Å²) in [4.78, 5) is 12.1. The van der Waals surface area contributed by atoms with Crippen molar-refractivity contribution in [2.75, 3.05) is 8.84 Å². The molecule has 0 atom stereocenters. The van der Waals surface area contributed by atoms with Gasteiger partial charge in [0.15, 0.2) is 0 Å². The quantitative estimate of drug-likeness (QED) is 0.798. The SMILES string of the molecule is CC(C)N(Cl)c1nc(Cl)nc(N(Cl)C(C)C)n1. The van der Waals surface area contributed by atoms with Crippen molar-refractivity contribution in [3.8, 4) is 0 Å². The molecule has 0 bridgehead atoms. The van der Waals surface area contributed by atoms with E-state index in [4.69, 9.17) is 35.2 Å². The molecule has 0 spiro atoms. The molecule has 0 saturated heterocycles. The summed E-state index contributed by atoms with van der Waals surface area (Å²) < 4.78 is 2.75. The molecule has 0 radical (unpaired) electrons. The second kappa shape index (κ2) is 5.89. The Balaban J connectivity index is 3.10. The van der Waals surface area contributed by atoms with E-state index in [0.717, 1.165) is 0 Å². The smallest absolute Gasteiger partial charge is 0.246 e.